The lowest BCUT2D eigenvalue weighted by molar-refractivity contribution is -0.0635. The van der Waals surface area contributed by atoms with E-state index in [1.165, 1.54) is 12.0 Å². The predicted molar refractivity (Wildman–Crippen MR) is 79.9 cm³/mol. The van der Waals surface area contributed by atoms with Crippen LogP contribution in [0.2, 0.25) is 0 Å². The van der Waals surface area contributed by atoms with Crippen molar-refractivity contribution >= 4 is 0 Å². The first-order valence-electron chi connectivity index (χ1n) is 7.40. The van der Waals surface area contributed by atoms with Crippen molar-refractivity contribution in [1.29, 1.82) is 0 Å². The third kappa shape index (κ3) is 4.05. The van der Waals surface area contributed by atoms with Gasteiger partial charge in [0.2, 0.25) is 0 Å². The van der Waals surface area contributed by atoms with Crippen LogP contribution in [0.15, 0.2) is 30.3 Å². The maximum absolute atomic E-state index is 6.31. The van der Waals surface area contributed by atoms with Gasteiger partial charge >= 0.3 is 0 Å². The van der Waals surface area contributed by atoms with Crippen molar-refractivity contribution in [1.82, 2.24) is 0 Å². The van der Waals surface area contributed by atoms with E-state index in [4.69, 9.17) is 10.5 Å². The molecule has 1 aliphatic rings. The van der Waals surface area contributed by atoms with E-state index >= 15 is 0 Å². The monoisotopic (exact) mass is 261 g/mol. The fourth-order valence-electron chi connectivity index (χ4n) is 3.53. The molecule has 1 aromatic rings. The Labute approximate surface area is 117 Å². The predicted octanol–water partition coefficient (Wildman–Crippen LogP) is 3.92. The van der Waals surface area contributed by atoms with Crippen LogP contribution in [0.1, 0.15) is 51.7 Å². The Kier molecular flexibility index (Phi) is 4.64. The lowest BCUT2D eigenvalue weighted by Crippen LogP contribution is -2.34. The van der Waals surface area contributed by atoms with Crippen LogP contribution in [0.4, 0.5) is 0 Å². The molecule has 0 radical (unpaired) electrons. The summed E-state index contributed by atoms with van der Waals surface area (Å²) in [5.41, 5.74) is 7.48. The highest BCUT2D eigenvalue weighted by atomic mass is 16.5. The largest absolute Gasteiger partial charge is 0.369 e. The summed E-state index contributed by atoms with van der Waals surface area (Å²) in [6.45, 7) is 7.57. The van der Waals surface area contributed by atoms with Gasteiger partial charge in [-0.15, -0.1) is 0 Å². The van der Waals surface area contributed by atoms with Crippen LogP contribution in [0.3, 0.4) is 0 Å². The molecule has 19 heavy (non-hydrogen) atoms. The van der Waals surface area contributed by atoms with Crippen LogP contribution in [0.5, 0.6) is 0 Å². The molecule has 0 heterocycles. The molecule has 0 aromatic heterocycles. The van der Waals surface area contributed by atoms with Crippen molar-refractivity contribution in [2.24, 2.45) is 17.1 Å². The van der Waals surface area contributed by atoms with Crippen LogP contribution >= 0.6 is 0 Å². The van der Waals surface area contributed by atoms with Gasteiger partial charge in [-0.3, -0.25) is 0 Å². The molecule has 0 saturated heterocycles. The van der Waals surface area contributed by atoms with Crippen LogP contribution < -0.4 is 5.73 Å². The number of ether oxygens (including phenoxy) is 1. The molecule has 1 fully saturated rings. The average molecular weight is 261 g/mol. The minimum Gasteiger partial charge on any atom is -0.369 e. The molecular formula is C17H27NO. The molecule has 0 amide bonds. The normalized spacial score (nSPS) is 28.0. The third-order valence-electron chi connectivity index (χ3n) is 4.09. The standard InChI is InChI=1S/C17H27NO/c1-13-9-15(11-17(2,3)10-13)19-16(12-18)14-7-5-4-6-8-14/h4-8,13,15-16H,9-12,18H2,1-3H3. The van der Waals surface area contributed by atoms with Gasteiger partial charge in [-0.05, 0) is 36.2 Å². The Morgan fingerprint density at radius 1 is 1.26 bits per heavy atom. The van der Waals surface area contributed by atoms with Crippen molar-refractivity contribution in [3.63, 3.8) is 0 Å². The van der Waals surface area contributed by atoms with E-state index in [1.54, 1.807) is 0 Å². The van der Waals surface area contributed by atoms with Gasteiger partial charge in [-0.2, -0.15) is 0 Å². The molecule has 3 unspecified atom stereocenters. The summed E-state index contributed by atoms with van der Waals surface area (Å²) in [6, 6.07) is 10.3. The SMILES string of the molecule is CC1CC(OC(CN)c2ccccc2)CC(C)(C)C1. The van der Waals surface area contributed by atoms with Gasteiger partial charge in [0.1, 0.15) is 0 Å². The fraction of sp³-hybridized carbons (Fsp3) is 0.647. The summed E-state index contributed by atoms with van der Waals surface area (Å²) >= 11 is 0. The summed E-state index contributed by atoms with van der Waals surface area (Å²) in [5, 5.41) is 0. The average Bonchev–Trinajstić information content (AvgIpc) is 2.34. The van der Waals surface area contributed by atoms with Crippen LogP contribution in [0.25, 0.3) is 0 Å². The van der Waals surface area contributed by atoms with Crippen LogP contribution in [-0.4, -0.2) is 12.6 Å². The first kappa shape index (κ1) is 14.5. The zero-order valence-electron chi connectivity index (χ0n) is 12.4. The quantitative estimate of drug-likeness (QED) is 0.891. The summed E-state index contributed by atoms with van der Waals surface area (Å²) in [5.74, 6) is 0.739. The van der Waals surface area contributed by atoms with E-state index in [9.17, 15) is 0 Å². The zero-order valence-corrected chi connectivity index (χ0v) is 12.4. The minimum absolute atomic E-state index is 0.0345. The van der Waals surface area contributed by atoms with Crippen LogP contribution in [0, 0.1) is 11.3 Å². The highest BCUT2D eigenvalue weighted by molar-refractivity contribution is 5.17. The highest BCUT2D eigenvalue weighted by Gasteiger charge is 2.33. The van der Waals surface area contributed by atoms with Crippen molar-refractivity contribution in [2.45, 2.75) is 52.2 Å². The Bertz CT molecular complexity index is 388. The van der Waals surface area contributed by atoms with Gasteiger partial charge in [0.15, 0.2) is 0 Å². The molecular weight excluding hydrogens is 234 g/mol. The number of hydrogen-bond acceptors (Lipinski definition) is 2. The molecule has 2 heteroatoms. The topological polar surface area (TPSA) is 35.2 Å². The third-order valence-corrected chi connectivity index (χ3v) is 4.09. The molecule has 3 atom stereocenters. The second-order valence-corrected chi connectivity index (χ2v) is 6.81. The molecule has 0 aliphatic heterocycles. The minimum atomic E-state index is 0.0345. The van der Waals surface area contributed by atoms with Gasteiger partial charge in [0.25, 0.3) is 0 Å². The highest BCUT2D eigenvalue weighted by Crippen LogP contribution is 2.40. The first-order chi connectivity index (χ1) is 9.00. The summed E-state index contributed by atoms with van der Waals surface area (Å²) in [7, 11) is 0. The second-order valence-electron chi connectivity index (χ2n) is 6.81. The number of nitrogens with two attached hydrogens (primary N) is 1. The number of benzene rings is 1. The summed E-state index contributed by atoms with van der Waals surface area (Å²) in [6.07, 6.45) is 3.97. The molecule has 0 bridgehead atoms. The Morgan fingerprint density at radius 2 is 1.95 bits per heavy atom. The molecule has 106 valence electrons. The molecule has 2 rings (SSSR count). The Hall–Kier alpha value is -0.860. The maximum atomic E-state index is 6.31. The van der Waals surface area contributed by atoms with E-state index in [1.807, 2.05) is 6.07 Å². The molecule has 1 aliphatic carbocycles. The molecule has 2 N–H and O–H groups in total. The summed E-state index contributed by atoms with van der Waals surface area (Å²) in [4.78, 5) is 0. The molecule has 1 aromatic carbocycles. The summed E-state index contributed by atoms with van der Waals surface area (Å²) < 4.78 is 6.31. The smallest absolute Gasteiger partial charge is 0.0950 e. The van der Waals surface area contributed by atoms with Crippen molar-refractivity contribution in [3.8, 4) is 0 Å². The molecule has 2 nitrogen and oxygen atoms in total. The van der Waals surface area contributed by atoms with Crippen LogP contribution in [-0.2, 0) is 4.74 Å². The number of hydrogen-bond donors (Lipinski definition) is 1. The first-order valence-corrected chi connectivity index (χ1v) is 7.40. The van der Waals surface area contributed by atoms with Gasteiger partial charge in [-0.25, -0.2) is 0 Å². The van der Waals surface area contributed by atoms with E-state index < -0.39 is 0 Å². The van der Waals surface area contributed by atoms with Crippen molar-refractivity contribution in [3.05, 3.63) is 35.9 Å². The Morgan fingerprint density at radius 3 is 2.53 bits per heavy atom. The van der Waals surface area contributed by atoms with Gasteiger partial charge in [0.05, 0.1) is 12.2 Å². The lowest BCUT2D eigenvalue weighted by Gasteiger charge is -2.40. The zero-order chi connectivity index (χ0) is 13.9. The van der Waals surface area contributed by atoms with E-state index in [-0.39, 0.29) is 6.10 Å². The molecule has 0 spiro atoms. The Balaban J connectivity index is 2.02. The maximum Gasteiger partial charge on any atom is 0.0950 e. The second kappa shape index (κ2) is 6.06. The van der Waals surface area contributed by atoms with Gasteiger partial charge in [0, 0.05) is 6.54 Å². The van der Waals surface area contributed by atoms with Crippen molar-refractivity contribution in [2.75, 3.05) is 6.54 Å². The fourth-order valence-corrected chi connectivity index (χ4v) is 3.53. The van der Waals surface area contributed by atoms with E-state index in [0.29, 0.717) is 18.1 Å². The van der Waals surface area contributed by atoms with Gasteiger partial charge in [-0.1, -0.05) is 51.1 Å². The lowest BCUT2D eigenvalue weighted by atomic mass is 9.71. The van der Waals surface area contributed by atoms with Crippen molar-refractivity contribution < 1.29 is 4.74 Å². The number of rotatable bonds is 4. The molecule has 1 saturated carbocycles. The van der Waals surface area contributed by atoms with E-state index in [0.717, 1.165) is 18.8 Å². The van der Waals surface area contributed by atoms with Gasteiger partial charge < -0.3 is 10.5 Å². The van der Waals surface area contributed by atoms with E-state index in [2.05, 4.69) is 45.0 Å².